The van der Waals surface area contributed by atoms with Crippen molar-refractivity contribution in [3.63, 3.8) is 0 Å². The number of rotatable bonds is 4. The molecule has 0 saturated carbocycles. The van der Waals surface area contributed by atoms with Crippen LogP contribution in [0.15, 0.2) is 36.4 Å². The molecule has 0 radical (unpaired) electrons. The van der Waals surface area contributed by atoms with Crippen LogP contribution >= 0.6 is 0 Å². The van der Waals surface area contributed by atoms with Crippen LogP contribution in [-0.4, -0.2) is 87.4 Å². The molecule has 38 heavy (non-hydrogen) atoms. The highest BCUT2D eigenvalue weighted by atomic mass is 19.4. The second kappa shape index (κ2) is 10.6. The van der Waals surface area contributed by atoms with E-state index in [1.54, 1.807) is 18.2 Å². The Morgan fingerprint density at radius 3 is 2.42 bits per heavy atom. The van der Waals surface area contributed by atoms with E-state index in [1.807, 2.05) is 4.90 Å². The van der Waals surface area contributed by atoms with E-state index in [1.165, 1.54) is 11.0 Å². The van der Waals surface area contributed by atoms with Gasteiger partial charge in [0.05, 0.1) is 11.1 Å². The molecule has 2 saturated heterocycles. The van der Waals surface area contributed by atoms with Gasteiger partial charge in [-0.25, -0.2) is 9.18 Å². The van der Waals surface area contributed by atoms with Crippen molar-refractivity contribution in [1.29, 1.82) is 0 Å². The van der Waals surface area contributed by atoms with Crippen LogP contribution in [0.25, 0.3) is 11.0 Å². The zero-order valence-corrected chi connectivity index (χ0v) is 20.4. The highest BCUT2D eigenvalue weighted by Crippen LogP contribution is 2.32. The first-order valence-electron chi connectivity index (χ1n) is 12.3. The Morgan fingerprint density at radius 2 is 1.71 bits per heavy atom. The van der Waals surface area contributed by atoms with E-state index in [2.05, 4.69) is 20.3 Å². The number of ether oxygens (including phenoxy) is 1. The maximum Gasteiger partial charge on any atom is 0.419 e. The lowest BCUT2D eigenvalue weighted by Gasteiger charge is -2.42. The van der Waals surface area contributed by atoms with Gasteiger partial charge in [0.25, 0.3) is 5.91 Å². The third kappa shape index (κ3) is 5.57. The second-order valence-corrected chi connectivity index (χ2v) is 9.46. The summed E-state index contributed by atoms with van der Waals surface area (Å²) in [5.74, 6) is -1.41. The molecular formula is C25H26F4N6O3. The van der Waals surface area contributed by atoms with Gasteiger partial charge in [0, 0.05) is 50.9 Å². The predicted molar refractivity (Wildman–Crippen MR) is 128 cm³/mol. The van der Waals surface area contributed by atoms with Crippen molar-refractivity contribution in [3.05, 3.63) is 58.9 Å². The number of fused-ring (bicyclic) bond motifs is 1. The number of benzene rings is 2. The van der Waals surface area contributed by atoms with Crippen molar-refractivity contribution in [2.75, 3.05) is 39.3 Å². The van der Waals surface area contributed by atoms with Gasteiger partial charge in [-0.3, -0.25) is 14.8 Å². The quantitative estimate of drug-likeness (QED) is 0.514. The zero-order valence-electron chi connectivity index (χ0n) is 20.4. The average molecular weight is 535 g/mol. The van der Waals surface area contributed by atoms with Crippen molar-refractivity contribution >= 4 is 23.0 Å². The number of nitrogens with zero attached hydrogens (tertiary/aromatic N) is 5. The van der Waals surface area contributed by atoms with Crippen molar-refractivity contribution in [3.8, 4) is 0 Å². The van der Waals surface area contributed by atoms with Crippen LogP contribution in [0.4, 0.5) is 22.4 Å². The molecule has 2 aliphatic rings. The molecule has 2 amide bonds. The number of piperidine rings is 1. The van der Waals surface area contributed by atoms with E-state index in [0.29, 0.717) is 56.4 Å². The minimum absolute atomic E-state index is 0.0376. The molecule has 3 aromatic rings. The molecule has 13 heteroatoms. The fourth-order valence-corrected chi connectivity index (χ4v) is 4.98. The molecular weight excluding hydrogens is 508 g/mol. The minimum atomic E-state index is -4.82. The van der Waals surface area contributed by atoms with E-state index >= 15 is 0 Å². The fourth-order valence-electron chi connectivity index (χ4n) is 4.98. The van der Waals surface area contributed by atoms with Crippen LogP contribution in [0.2, 0.25) is 0 Å². The number of hydrogen-bond donors (Lipinski definition) is 1. The van der Waals surface area contributed by atoms with E-state index in [4.69, 9.17) is 4.74 Å². The normalized spacial score (nSPS) is 17.7. The third-order valence-corrected chi connectivity index (χ3v) is 7.11. The summed E-state index contributed by atoms with van der Waals surface area (Å²) in [7, 11) is 0. The molecule has 2 fully saturated rings. The molecule has 0 spiro atoms. The summed E-state index contributed by atoms with van der Waals surface area (Å²) >= 11 is 0. The first-order valence-corrected chi connectivity index (χ1v) is 12.3. The van der Waals surface area contributed by atoms with Gasteiger partial charge in [-0.15, -0.1) is 5.10 Å². The molecule has 0 aliphatic carbocycles. The van der Waals surface area contributed by atoms with Gasteiger partial charge in [0.15, 0.2) is 0 Å². The first-order chi connectivity index (χ1) is 18.2. The standard InChI is InChI=1S/C25H26F4N6O3/c26-20-3-1-16(13-19(20)25(27,28)29)15-38-24(37)35-11-9-33(10-12-35)18-5-7-34(8-6-18)23(36)17-2-4-21-22(14-17)31-32-30-21/h1-4,13-14,18H,5-12,15H2,(H,30,31,32). The summed E-state index contributed by atoms with van der Waals surface area (Å²) in [5, 5.41) is 10.5. The molecule has 0 atom stereocenters. The van der Waals surface area contributed by atoms with Crippen molar-refractivity contribution < 1.29 is 31.9 Å². The smallest absolute Gasteiger partial charge is 0.419 e. The number of carbonyl (C=O) groups excluding carboxylic acids is 2. The summed E-state index contributed by atoms with van der Waals surface area (Å²) in [6.45, 7) is 2.98. The Hall–Kier alpha value is -3.74. The number of aromatic amines is 1. The highest BCUT2D eigenvalue weighted by molar-refractivity contribution is 5.97. The monoisotopic (exact) mass is 534 g/mol. The molecule has 202 valence electrons. The van der Waals surface area contributed by atoms with E-state index in [-0.39, 0.29) is 24.1 Å². The number of aromatic nitrogens is 3. The molecule has 2 aliphatic heterocycles. The summed E-state index contributed by atoms with van der Waals surface area (Å²) < 4.78 is 57.3. The van der Waals surface area contributed by atoms with Crippen LogP contribution < -0.4 is 0 Å². The summed E-state index contributed by atoms with van der Waals surface area (Å²) in [6.07, 6.45) is -3.81. The number of nitrogens with one attached hydrogen (secondary N) is 1. The Kier molecular flexibility index (Phi) is 7.19. The lowest BCUT2D eigenvalue weighted by molar-refractivity contribution is -0.140. The molecule has 9 nitrogen and oxygen atoms in total. The number of piperazine rings is 1. The molecule has 1 aromatic heterocycles. The number of carbonyl (C=O) groups is 2. The van der Waals surface area contributed by atoms with Gasteiger partial charge >= 0.3 is 12.3 Å². The van der Waals surface area contributed by atoms with Crippen molar-refractivity contribution in [2.45, 2.75) is 31.7 Å². The van der Waals surface area contributed by atoms with Gasteiger partial charge in [-0.2, -0.15) is 13.2 Å². The van der Waals surface area contributed by atoms with Gasteiger partial charge in [0.2, 0.25) is 0 Å². The molecule has 0 bridgehead atoms. The number of likely N-dealkylation sites (tertiary alicyclic amines) is 1. The predicted octanol–water partition coefficient (Wildman–Crippen LogP) is 3.67. The van der Waals surface area contributed by atoms with E-state index in [9.17, 15) is 27.2 Å². The van der Waals surface area contributed by atoms with Gasteiger partial charge in [-0.1, -0.05) is 11.3 Å². The second-order valence-electron chi connectivity index (χ2n) is 9.46. The maximum absolute atomic E-state index is 13.5. The van der Waals surface area contributed by atoms with E-state index < -0.39 is 23.7 Å². The lowest BCUT2D eigenvalue weighted by atomic mass is 10.0. The fraction of sp³-hybridized carbons (Fsp3) is 0.440. The summed E-state index contributed by atoms with van der Waals surface area (Å²) in [4.78, 5) is 31.0. The number of H-pyrrole nitrogens is 1. The molecule has 1 N–H and O–H groups in total. The van der Waals surface area contributed by atoms with Gasteiger partial charge < -0.3 is 14.5 Å². The molecule has 3 heterocycles. The van der Waals surface area contributed by atoms with Crippen LogP contribution in [0, 0.1) is 5.82 Å². The third-order valence-electron chi connectivity index (χ3n) is 7.11. The first kappa shape index (κ1) is 25.9. The number of hydrogen-bond acceptors (Lipinski definition) is 6. The lowest BCUT2D eigenvalue weighted by Crippen LogP contribution is -2.54. The Bertz CT molecular complexity index is 1310. The highest BCUT2D eigenvalue weighted by Gasteiger charge is 2.34. The average Bonchev–Trinajstić information content (AvgIpc) is 3.40. The maximum atomic E-state index is 13.5. The van der Waals surface area contributed by atoms with Crippen LogP contribution in [0.1, 0.15) is 34.3 Å². The topological polar surface area (TPSA) is 94.7 Å². The number of alkyl halides is 3. The van der Waals surface area contributed by atoms with Gasteiger partial charge in [0.1, 0.15) is 17.9 Å². The Balaban J connectivity index is 1.07. The SMILES string of the molecule is O=C(OCc1ccc(F)c(C(F)(F)F)c1)N1CCN(C2CCN(C(=O)c3ccc4[nH]nnc4c3)CC2)CC1. The van der Waals surface area contributed by atoms with E-state index in [0.717, 1.165) is 24.4 Å². The molecule has 0 unspecified atom stereocenters. The van der Waals surface area contributed by atoms with Crippen LogP contribution in [-0.2, 0) is 17.5 Å². The van der Waals surface area contributed by atoms with Crippen molar-refractivity contribution in [2.24, 2.45) is 0 Å². The number of halogens is 4. The molecule has 2 aromatic carbocycles. The zero-order chi connectivity index (χ0) is 26.9. The van der Waals surface area contributed by atoms with Crippen molar-refractivity contribution in [1.82, 2.24) is 30.1 Å². The van der Waals surface area contributed by atoms with Crippen LogP contribution in [0.5, 0.6) is 0 Å². The van der Waals surface area contributed by atoms with Gasteiger partial charge in [-0.05, 0) is 48.7 Å². The Labute approximate surface area is 215 Å². The largest absolute Gasteiger partial charge is 0.445 e. The number of amides is 2. The van der Waals surface area contributed by atoms with Crippen LogP contribution in [0.3, 0.4) is 0 Å². The minimum Gasteiger partial charge on any atom is -0.445 e. The summed E-state index contributed by atoms with van der Waals surface area (Å²) in [6, 6.07) is 8.12. The Morgan fingerprint density at radius 1 is 0.974 bits per heavy atom. The summed E-state index contributed by atoms with van der Waals surface area (Å²) in [5.41, 5.74) is 0.670. The molecule has 5 rings (SSSR count).